The number of nitrogens with zero attached hydrogens (tertiary/aromatic N) is 3. The highest BCUT2D eigenvalue weighted by atomic mass is 32.1. The van der Waals surface area contributed by atoms with Crippen LogP contribution in [0.1, 0.15) is 25.6 Å². The van der Waals surface area contributed by atoms with Crippen LogP contribution in [0, 0.1) is 6.92 Å². The zero-order valence-electron chi connectivity index (χ0n) is 13.7. The molecule has 24 heavy (non-hydrogen) atoms. The van der Waals surface area contributed by atoms with Crippen LogP contribution < -0.4 is 5.43 Å². The predicted octanol–water partition coefficient (Wildman–Crippen LogP) is 5.17. The minimum absolute atomic E-state index is 0.754. The van der Waals surface area contributed by atoms with Gasteiger partial charge in [-0.15, -0.1) is 11.3 Å². The molecule has 0 unspecified atom stereocenters. The van der Waals surface area contributed by atoms with Crippen molar-refractivity contribution in [2.75, 3.05) is 5.43 Å². The molecule has 0 bridgehead atoms. The first-order valence-corrected chi connectivity index (χ1v) is 8.84. The number of nitrogens with one attached hydrogen (secondary N) is 1. The van der Waals surface area contributed by atoms with E-state index in [0.29, 0.717) is 0 Å². The van der Waals surface area contributed by atoms with Gasteiger partial charge in [0.15, 0.2) is 5.82 Å². The van der Waals surface area contributed by atoms with E-state index in [0.717, 1.165) is 40.4 Å². The van der Waals surface area contributed by atoms with E-state index in [-0.39, 0.29) is 0 Å². The van der Waals surface area contributed by atoms with E-state index < -0.39 is 0 Å². The van der Waals surface area contributed by atoms with Gasteiger partial charge in [0.1, 0.15) is 10.7 Å². The lowest BCUT2D eigenvalue weighted by molar-refractivity contribution is 1.05. The second-order valence-electron chi connectivity index (χ2n) is 6.02. The number of benzene rings is 1. The third-order valence-corrected chi connectivity index (χ3v) is 5.13. The molecule has 120 valence electrons. The van der Waals surface area contributed by atoms with Crippen molar-refractivity contribution in [3.05, 3.63) is 53.9 Å². The lowest BCUT2D eigenvalue weighted by atomic mass is 10.2. The molecule has 1 aromatic carbocycles. The Labute approximate surface area is 145 Å². The van der Waals surface area contributed by atoms with E-state index in [1.807, 2.05) is 13.0 Å². The number of hydrogen-bond donors (Lipinski definition) is 1. The molecule has 0 amide bonds. The van der Waals surface area contributed by atoms with Gasteiger partial charge in [0, 0.05) is 4.88 Å². The van der Waals surface area contributed by atoms with Crippen molar-refractivity contribution >= 4 is 33.1 Å². The Bertz CT molecular complexity index is 954. The van der Waals surface area contributed by atoms with Crippen molar-refractivity contribution in [1.29, 1.82) is 0 Å². The molecular formula is C19H18N4S. The Morgan fingerprint density at radius 3 is 2.67 bits per heavy atom. The highest BCUT2D eigenvalue weighted by molar-refractivity contribution is 7.21. The summed E-state index contributed by atoms with van der Waals surface area (Å²) in [4.78, 5) is 11.3. The number of aromatic nitrogens is 2. The standard InChI is InChI=1S/C19H18N4S/c1-12-8-9-15(10-12)22-23-18-16-11-17(14-6-4-3-5-7-14)24-19(16)21-13(2)20-18/h3-7,10-11H,8-9H2,1-2H3,(H,20,21,23)/b22-15+. The fourth-order valence-electron chi connectivity index (χ4n) is 2.82. The van der Waals surface area contributed by atoms with Crippen molar-refractivity contribution in [3.63, 3.8) is 0 Å². The summed E-state index contributed by atoms with van der Waals surface area (Å²) in [7, 11) is 0. The molecule has 0 aliphatic heterocycles. The zero-order chi connectivity index (χ0) is 16.5. The molecule has 0 fully saturated rings. The minimum atomic E-state index is 0.754. The van der Waals surface area contributed by atoms with Crippen LogP contribution in [0.5, 0.6) is 0 Å². The number of hydrazone groups is 1. The summed E-state index contributed by atoms with van der Waals surface area (Å²) in [5.74, 6) is 1.53. The maximum atomic E-state index is 4.58. The smallest absolute Gasteiger partial charge is 0.158 e. The summed E-state index contributed by atoms with van der Waals surface area (Å²) in [6.45, 7) is 4.06. The first kappa shape index (κ1) is 15.0. The molecule has 1 N–H and O–H groups in total. The Kier molecular flexibility index (Phi) is 3.86. The van der Waals surface area contributed by atoms with Gasteiger partial charge in [-0.25, -0.2) is 9.97 Å². The van der Waals surface area contributed by atoms with Crippen LogP contribution in [0.15, 0.2) is 53.1 Å². The second-order valence-corrected chi connectivity index (χ2v) is 7.05. The molecule has 4 nitrogen and oxygen atoms in total. The van der Waals surface area contributed by atoms with Crippen LogP contribution in [0.3, 0.4) is 0 Å². The first-order valence-electron chi connectivity index (χ1n) is 8.02. The summed E-state index contributed by atoms with van der Waals surface area (Å²) >= 11 is 1.69. The number of fused-ring (bicyclic) bond motifs is 1. The lowest BCUT2D eigenvalue weighted by Gasteiger charge is -2.03. The summed E-state index contributed by atoms with van der Waals surface area (Å²) in [5.41, 5.74) is 6.81. The normalized spacial score (nSPS) is 15.9. The highest BCUT2D eigenvalue weighted by Crippen LogP contribution is 2.35. The molecule has 3 aromatic rings. The summed E-state index contributed by atoms with van der Waals surface area (Å²) in [6, 6.07) is 12.5. The zero-order valence-corrected chi connectivity index (χ0v) is 14.5. The average Bonchev–Trinajstić information content (AvgIpc) is 3.19. The predicted molar refractivity (Wildman–Crippen MR) is 102 cm³/mol. The number of allylic oxidation sites excluding steroid dienone is 2. The lowest BCUT2D eigenvalue weighted by Crippen LogP contribution is -2.00. The maximum Gasteiger partial charge on any atom is 0.158 e. The van der Waals surface area contributed by atoms with E-state index in [9.17, 15) is 0 Å². The second kappa shape index (κ2) is 6.17. The van der Waals surface area contributed by atoms with Gasteiger partial charge in [-0.3, -0.25) is 5.43 Å². The minimum Gasteiger partial charge on any atom is -0.260 e. The number of aryl methyl sites for hydroxylation is 1. The summed E-state index contributed by atoms with van der Waals surface area (Å²) in [5, 5.41) is 5.54. The average molecular weight is 334 g/mol. The number of rotatable bonds is 3. The van der Waals surface area contributed by atoms with Crippen LogP contribution in [0.4, 0.5) is 5.82 Å². The third kappa shape index (κ3) is 2.95. The molecule has 4 rings (SSSR count). The Hall–Kier alpha value is -2.53. The van der Waals surface area contributed by atoms with Crippen molar-refractivity contribution in [3.8, 4) is 10.4 Å². The van der Waals surface area contributed by atoms with Gasteiger partial charge in [0.05, 0.1) is 11.1 Å². The maximum absolute atomic E-state index is 4.58. The van der Waals surface area contributed by atoms with Gasteiger partial charge in [-0.1, -0.05) is 35.9 Å². The molecule has 2 heterocycles. The number of hydrogen-bond acceptors (Lipinski definition) is 5. The summed E-state index contributed by atoms with van der Waals surface area (Å²) < 4.78 is 0. The van der Waals surface area contributed by atoms with E-state index in [1.165, 1.54) is 16.0 Å². The largest absolute Gasteiger partial charge is 0.260 e. The molecule has 0 atom stereocenters. The van der Waals surface area contributed by atoms with Crippen LogP contribution in [-0.4, -0.2) is 15.7 Å². The van der Waals surface area contributed by atoms with Crippen LogP contribution >= 0.6 is 11.3 Å². The Morgan fingerprint density at radius 1 is 1.08 bits per heavy atom. The van der Waals surface area contributed by atoms with Crippen LogP contribution in [0.25, 0.3) is 20.7 Å². The van der Waals surface area contributed by atoms with E-state index in [4.69, 9.17) is 0 Å². The van der Waals surface area contributed by atoms with Gasteiger partial charge >= 0.3 is 0 Å². The van der Waals surface area contributed by atoms with Gasteiger partial charge in [-0.05, 0) is 44.4 Å². The Morgan fingerprint density at radius 2 is 1.92 bits per heavy atom. The van der Waals surface area contributed by atoms with E-state index >= 15 is 0 Å². The van der Waals surface area contributed by atoms with Crippen molar-refractivity contribution < 1.29 is 0 Å². The number of anilines is 1. The monoisotopic (exact) mass is 334 g/mol. The van der Waals surface area contributed by atoms with E-state index in [1.54, 1.807) is 11.3 Å². The third-order valence-electron chi connectivity index (χ3n) is 4.06. The van der Waals surface area contributed by atoms with Crippen LogP contribution in [-0.2, 0) is 0 Å². The quantitative estimate of drug-likeness (QED) is 0.672. The van der Waals surface area contributed by atoms with Crippen molar-refractivity contribution in [2.45, 2.75) is 26.7 Å². The highest BCUT2D eigenvalue weighted by Gasteiger charge is 2.12. The van der Waals surface area contributed by atoms with Crippen LogP contribution in [0.2, 0.25) is 0 Å². The SMILES string of the molecule is CC1=C/C(=N/Nc2nc(C)nc3sc(-c4ccccc4)cc23)CC1. The topological polar surface area (TPSA) is 50.2 Å². The molecule has 1 aliphatic rings. The Balaban J connectivity index is 1.74. The molecule has 1 aliphatic carbocycles. The molecular weight excluding hydrogens is 316 g/mol. The fourth-order valence-corrected chi connectivity index (χ4v) is 3.91. The van der Waals surface area contributed by atoms with Gasteiger partial charge in [-0.2, -0.15) is 5.10 Å². The van der Waals surface area contributed by atoms with E-state index in [2.05, 4.69) is 63.8 Å². The summed E-state index contributed by atoms with van der Waals surface area (Å²) in [6.07, 6.45) is 4.22. The fraction of sp³-hybridized carbons (Fsp3) is 0.211. The number of thiophene rings is 1. The molecule has 5 heteroatoms. The molecule has 2 aromatic heterocycles. The van der Waals surface area contributed by atoms with Crippen molar-refractivity contribution in [2.24, 2.45) is 5.10 Å². The van der Waals surface area contributed by atoms with Gasteiger partial charge in [0.2, 0.25) is 0 Å². The van der Waals surface area contributed by atoms with Crippen molar-refractivity contribution in [1.82, 2.24) is 9.97 Å². The van der Waals surface area contributed by atoms with Gasteiger partial charge in [0.25, 0.3) is 0 Å². The first-order chi connectivity index (χ1) is 11.7. The molecule has 0 saturated carbocycles. The molecule has 0 spiro atoms. The van der Waals surface area contributed by atoms with Gasteiger partial charge < -0.3 is 0 Å². The molecule has 0 radical (unpaired) electrons. The molecule has 0 saturated heterocycles.